The van der Waals surface area contributed by atoms with Gasteiger partial charge in [-0.1, -0.05) is 49.4 Å². The fraction of sp³-hybridized carbons (Fsp3) is 0.333. The number of ether oxygens (including phenoxy) is 1. The maximum absolute atomic E-state index is 13.2. The van der Waals surface area contributed by atoms with Crippen LogP contribution in [0.5, 0.6) is 6.01 Å². The van der Waals surface area contributed by atoms with Gasteiger partial charge in [0, 0.05) is 43.2 Å². The number of benzene rings is 2. The zero-order valence-electron chi connectivity index (χ0n) is 22.2. The average molecular weight is 547 g/mol. The summed E-state index contributed by atoms with van der Waals surface area (Å²) in [5, 5.41) is 10.1. The van der Waals surface area contributed by atoms with Gasteiger partial charge in [0.25, 0.3) is 5.91 Å². The van der Waals surface area contributed by atoms with Crippen LogP contribution in [0.4, 0.5) is 5.82 Å². The highest BCUT2D eigenvalue weighted by Crippen LogP contribution is 2.33. The number of rotatable bonds is 9. The molecule has 0 atom stereocenters. The van der Waals surface area contributed by atoms with Gasteiger partial charge >= 0.3 is 6.01 Å². The van der Waals surface area contributed by atoms with E-state index in [1.165, 1.54) is 4.88 Å². The van der Waals surface area contributed by atoms with Gasteiger partial charge in [-0.15, -0.1) is 11.3 Å². The van der Waals surface area contributed by atoms with Gasteiger partial charge in [0.15, 0.2) is 0 Å². The molecule has 1 amide bonds. The molecule has 1 N–H and O–H groups in total. The molecule has 2 aromatic carbocycles. The van der Waals surface area contributed by atoms with Crippen LogP contribution < -0.4 is 9.64 Å². The molecule has 1 saturated heterocycles. The molecular formula is C30H34N4O4S. The Balaban J connectivity index is 0.00000172. The van der Waals surface area contributed by atoms with Gasteiger partial charge in [0.2, 0.25) is 0 Å². The van der Waals surface area contributed by atoms with Gasteiger partial charge in [-0.2, -0.15) is 9.97 Å². The van der Waals surface area contributed by atoms with Crippen LogP contribution in [-0.4, -0.2) is 72.1 Å². The molecule has 0 aliphatic carbocycles. The summed E-state index contributed by atoms with van der Waals surface area (Å²) in [7, 11) is 0. The number of aliphatic hydroxyl groups is 1. The first-order valence-electron chi connectivity index (χ1n) is 13.2. The number of amides is 1. The number of hydrogen-bond donors (Lipinski definition) is 1. The molecule has 0 radical (unpaired) electrons. The molecule has 1 aliphatic rings. The summed E-state index contributed by atoms with van der Waals surface area (Å²) >= 11 is 1.67. The Morgan fingerprint density at radius 2 is 1.67 bits per heavy atom. The topological polar surface area (TPSA) is 95.9 Å². The minimum absolute atomic E-state index is 0.0591. The number of anilines is 1. The van der Waals surface area contributed by atoms with Crippen LogP contribution in [-0.2, 0) is 11.2 Å². The number of thiophene rings is 1. The molecule has 8 nitrogen and oxygen atoms in total. The van der Waals surface area contributed by atoms with Crippen molar-refractivity contribution in [3.63, 3.8) is 0 Å². The number of carbonyl (C=O) groups excluding carboxylic acids is 2. The summed E-state index contributed by atoms with van der Waals surface area (Å²) in [6.07, 6.45) is 2.39. The number of aliphatic hydroxyl groups excluding tert-OH is 1. The molecule has 1 aliphatic heterocycles. The van der Waals surface area contributed by atoms with E-state index in [9.17, 15) is 4.79 Å². The van der Waals surface area contributed by atoms with Crippen molar-refractivity contribution < 1.29 is 19.4 Å². The van der Waals surface area contributed by atoms with E-state index in [0.717, 1.165) is 40.0 Å². The smallest absolute Gasteiger partial charge is 0.319 e. The van der Waals surface area contributed by atoms with Crippen LogP contribution in [0.3, 0.4) is 0 Å². The number of hydrogen-bond acceptors (Lipinski definition) is 8. The van der Waals surface area contributed by atoms with E-state index in [0.29, 0.717) is 50.8 Å². The second-order valence-corrected chi connectivity index (χ2v) is 10.2. The molecule has 4 aromatic rings. The zero-order chi connectivity index (χ0) is 27.6. The van der Waals surface area contributed by atoms with Crippen LogP contribution in [0.15, 0.2) is 60.7 Å². The van der Waals surface area contributed by atoms with E-state index in [4.69, 9.17) is 19.6 Å². The van der Waals surface area contributed by atoms with Gasteiger partial charge in [-0.3, -0.25) is 4.79 Å². The van der Waals surface area contributed by atoms with Crippen LogP contribution in [0.1, 0.15) is 35.0 Å². The predicted octanol–water partition coefficient (Wildman–Crippen LogP) is 4.85. The lowest BCUT2D eigenvalue weighted by atomic mass is 10.0. The van der Waals surface area contributed by atoms with Crippen LogP contribution in [0, 0.1) is 0 Å². The summed E-state index contributed by atoms with van der Waals surface area (Å²) in [5.74, 6) is 0.932. The van der Waals surface area contributed by atoms with Gasteiger partial charge in [0.05, 0.1) is 12.0 Å². The minimum atomic E-state index is 0.0591. The van der Waals surface area contributed by atoms with E-state index in [1.807, 2.05) is 54.2 Å². The average Bonchev–Trinajstić information content (AvgIpc) is 3.44. The number of nitrogens with zero attached hydrogens (tertiary/aromatic N) is 4. The lowest BCUT2D eigenvalue weighted by molar-refractivity contribution is -0.0980. The Bertz CT molecular complexity index is 1350. The molecule has 204 valence electrons. The van der Waals surface area contributed by atoms with Crippen molar-refractivity contribution in [2.45, 2.75) is 26.2 Å². The van der Waals surface area contributed by atoms with Crippen LogP contribution in [0.2, 0.25) is 0 Å². The van der Waals surface area contributed by atoms with E-state index < -0.39 is 0 Å². The maximum atomic E-state index is 13.2. The standard InChI is InChI=1S/C29H32N4O3S.CH2O/c1-2-24-20-25-26(30-29(31-27(25)37-24)36-19-7-6-18-34)32-14-16-33(17-15-32)28(35)23-12-10-22(11-13-23)21-8-4-3-5-9-21;1-2/h3-5,8-13,20,34H,2,6-7,14-19H2,1H3;1H2. The van der Waals surface area contributed by atoms with Gasteiger partial charge in [-0.25, -0.2) is 0 Å². The zero-order valence-corrected chi connectivity index (χ0v) is 23.0. The van der Waals surface area contributed by atoms with Crippen molar-refractivity contribution in [1.29, 1.82) is 0 Å². The number of aromatic nitrogens is 2. The Kier molecular flexibility index (Phi) is 9.99. The van der Waals surface area contributed by atoms with Crippen molar-refractivity contribution in [3.05, 3.63) is 71.1 Å². The second-order valence-electron chi connectivity index (χ2n) is 9.12. The highest BCUT2D eigenvalue weighted by Gasteiger charge is 2.25. The molecule has 1 fully saturated rings. The van der Waals surface area contributed by atoms with Gasteiger partial charge < -0.3 is 24.4 Å². The van der Waals surface area contributed by atoms with E-state index in [-0.39, 0.29) is 12.5 Å². The van der Waals surface area contributed by atoms with E-state index in [1.54, 1.807) is 11.3 Å². The van der Waals surface area contributed by atoms with Crippen molar-refractivity contribution in [2.75, 3.05) is 44.3 Å². The molecule has 0 bridgehead atoms. The Labute approximate surface area is 232 Å². The van der Waals surface area contributed by atoms with Crippen molar-refractivity contribution >= 4 is 40.1 Å². The molecule has 0 unspecified atom stereocenters. The lowest BCUT2D eigenvalue weighted by Gasteiger charge is -2.35. The highest BCUT2D eigenvalue weighted by atomic mass is 32.1. The van der Waals surface area contributed by atoms with Crippen LogP contribution in [0.25, 0.3) is 21.3 Å². The molecule has 0 spiro atoms. The van der Waals surface area contributed by atoms with E-state index >= 15 is 0 Å². The summed E-state index contributed by atoms with van der Waals surface area (Å²) in [5.41, 5.74) is 2.95. The summed E-state index contributed by atoms with van der Waals surface area (Å²) in [6.45, 7) is 7.41. The van der Waals surface area contributed by atoms with Gasteiger partial charge in [0.1, 0.15) is 17.4 Å². The molecule has 5 rings (SSSR count). The SMILES string of the molecule is C=O.CCc1cc2c(N3CCN(C(=O)c4ccc(-c5ccccc5)cc4)CC3)nc(OCCCCO)nc2s1. The van der Waals surface area contributed by atoms with Gasteiger partial charge in [-0.05, 0) is 48.6 Å². The number of carbonyl (C=O) groups is 2. The summed E-state index contributed by atoms with van der Waals surface area (Å²) < 4.78 is 5.83. The fourth-order valence-corrected chi connectivity index (χ4v) is 5.49. The monoisotopic (exact) mass is 546 g/mol. The Morgan fingerprint density at radius 1 is 0.974 bits per heavy atom. The number of piperazine rings is 1. The quantitative estimate of drug-likeness (QED) is 0.300. The van der Waals surface area contributed by atoms with Crippen molar-refractivity contribution in [3.8, 4) is 17.1 Å². The molecule has 3 heterocycles. The maximum Gasteiger partial charge on any atom is 0.319 e. The summed E-state index contributed by atoms with van der Waals surface area (Å²) in [6, 6.07) is 20.6. The first-order valence-corrected chi connectivity index (χ1v) is 14.0. The largest absolute Gasteiger partial charge is 0.463 e. The van der Waals surface area contributed by atoms with E-state index in [2.05, 4.69) is 35.0 Å². The number of aryl methyl sites for hydroxylation is 1. The third-order valence-electron chi connectivity index (χ3n) is 6.64. The van der Waals surface area contributed by atoms with Crippen molar-refractivity contribution in [1.82, 2.24) is 14.9 Å². The third kappa shape index (κ3) is 6.79. The van der Waals surface area contributed by atoms with Crippen molar-refractivity contribution in [2.24, 2.45) is 0 Å². The molecular weight excluding hydrogens is 512 g/mol. The third-order valence-corrected chi connectivity index (χ3v) is 7.81. The predicted molar refractivity (Wildman–Crippen MR) is 156 cm³/mol. The normalized spacial score (nSPS) is 13.2. The number of fused-ring (bicyclic) bond motifs is 1. The summed E-state index contributed by atoms with van der Waals surface area (Å²) in [4.78, 5) is 37.0. The first kappa shape index (κ1) is 28.2. The minimum Gasteiger partial charge on any atom is -0.463 e. The Morgan fingerprint density at radius 3 is 2.33 bits per heavy atom. The second kappa shape index (κ2) is 13.8. The first-order chi connectivity index (χ1) is 19.2. The van der Waals surface area contributed by atoms with Crippen LogP contribution >= 0.6 is 11.3 Å². The Hall–Kier alpha value is -3.82. The highest BCUT2D eigenvalue weighted by molar-refractivity contribution is 7.18. The molecule has 9 heteroatoms. The molecule has 2 aromatic heterocycles. The molecule has 0 saturated carbocycles. The fourth-order valence-electron chi connectivity index (χ4n) is 4.53. The number of unbranched alkanes of at least 4 members (excludes halogenated alkanes) is 1. The lowest BCUT2D eigenvalue weighted by Crippen LogP contribution is -2.49. The molecule has 39 heavy (non-hydrogen) atoms.